The van der Waals surface area contributed by atoms with E-state index in [0.29, 0.717) is 0 Å². The first-order valence-corrected chi connectivity index (χ1v) is 6.30. The molecular weight excluding hydrogens is 170 g/mol. The van der Waals surface area contributed by atoms with Crippen molar-refractivity contribution in [2.75, 3.05) is 20.1 Å². The fourth-order valence-corrected chi connectivity index (χ4v) is 3.22. The van der Waals surface area contributed by atoms with Crippen molar-refractivity contribution in [1.82, 2.24) is 4.90 Å². The fourth-order valence-electron chi connectivity index (χ4n) is 3.22. The topological polar surface area (TPSA) is 3.24 Å². The smallest absolute Gasteiger partial charge is 0.000926 e. The van der Waals surface area contributed by atoms with Crippen LogP contribution in [0, 0.1) is 17.3 Å². The van der Waals surface area contributed by atoms with E-state index in [9.17, 15) is 0 Å². The zero-order chi connectivity index (χ0) is 10.2. The Morgan fingerprint density at radius 2 is 1.93 bits per heavy atom. The molecule has 0 bridgehead atoms. The van der Waals surface area contributed by atoms with Gasteiger partial charge in [-0.1, -0.05) is 20.3 Å². The van der Waals surface area contributed by atoms with Gasteiger partial charge in [-0.15, -0.1) is 0 Å². The second-order valence-electron chi connectivity index (χ2n) is 6.07. The molecule has 0 N–H and O–H groups in total. The van der Waals surface area contributed by atoms with Gasteiger partial charge in [0.25, 0.3) is 0 Å². The zero-order valence-electron chi connectivity index (χ0n) is 10.1. The van der Waals surface area contributed by atoms with E-state index in [2.05, 4.69) is 25.8 Å². The average Bonchev–Trinajstić information content (AvgIpc) is 2.23. The standard InChI is InChI=1S/C13H25N/c1-11(2)12-9-13(5-4-6-13)7-8-14(3)10-12/h11-12H,4-10H2,1-3H3/t12-/m0/s1. The van der Waals surface area contributed by atoms with Gasteiger partial charge in [0.2, 0.25) is 0 Å². The summed E-state index contributed by atoms with van der Waals surface area (Å²) in [6.07, 6.45) is 7.50. The van der Waals surface area contributed by atoms with Gasteiger partial charge in [0.05, 0.1) is 0 Å². The summed E-state index contributed by atoms with van der Waals surface area (Å²) in [5.74, 6) is 1.82. The third-order valence-corrected chi connectivity index (χ3v) is 4.62. The van der Waals surface area contributed by atoms with Crippen LogP contribution >= 0.6 is 0 Å². The highest BCUT2D eigenvalue weighted by Gasteiger charge is 2.41. The van der Waals surface area contributed by atoms with Gasteiger partial charge in [-0.2, -0.15) is 0 Å². The number of rotatable bonds is 1. The lowest BCUT2D eigenvalue weighted by molar-refractivity contribution is 0.0858. The maximum Gasteiger partial charge on any atom is 0.000926 e. The minimum atomic E-state index is 0.777. The highest BCUT2D eigenvalue weighted by Crippen LogP contribution is 2.50. The molecule has 1 heterocycles. The van der Waals surface area contributed by atoms with Gasteiger partial charge in [0, 0.05) is 6.54 Å². The summed E-state index contributed by atoms with van der Waals surface area (Å²) in [6.45, 7) is 7.47. The van der Waals surface area contributed by atoms with E-state index in [0.717, 1.165) is 17.3 Å². The van der Waals surface area contributed by atoms with Gasteiger partial charge < -0.3 is 4.90 Å². The SMILES string of the molecule is CC(C)[C@@H]1CN(C)CCC2(CCC2)C1. The van der Waals surface area contributed by atoms with Crippen molar-refractivity contribution in [2.45, 2.75) is 46.0 Å². The van der Waals surface area contributed by atoms with Crippen molar-refractivity contribution in [3.63, 3.8) is 0 Å². The van der Waals surface area contributed by atoms with Crippen molar-refractivity contribution in [3.8, 4) is 0 Å². The Bertz CT molecular complexity index is 193. The average molecular weight is 195 g/mol. The number of likely N-dealkylation sites (tertiary alicyclic amines) is 1. The Balaban J connectivity index is 2.03. The van der Waals surface area contributed by atoms with Crippen LogP contribution in [0.15, 0.2) is 0 Å². The summed E-state index contributed by atoms with van der Waals surface area (Å²) >= 11 is 0. The number of hydrogen-bond donors (Lipinski definition) is 0. The Morgan fingerprint density at radius 1 is 1.21 bits per heavy atom. The minimum Gasteiger partial charge on any atom is -0.306 e. The second-order valence-corrected chi connectivity index (χ2v) is 6.07. The zero-order valence-corrected chi connectivity index (χ0v) is 10.1. The lowest BCUT2D eigenvalue weighted by atomic mass is 9.62. The number of nitrogens with zero attached hydrogens (tertiary/aromatic N) is 1. The monoisotopic (exact) mass is 195 g/mol. The van der Waals surface area contributed by atoms with Crippen LogP contribution in [0.2, 0.25) is 0 Å². The maximum absolute atomic E-state index is 2.55. The van der Waals surface area contributed by atoms with Crippen molar-refractivity contribution in [2.24, 2.45) is 17.3 Å². The van der Waals surface area contributed by atoms with Gasteiger partial charge in [-0.05, 0) is 56.5 Å². The molecule has 0 radical (unpaired) electrons. The molecule has 2 rings (SSSR count). The van der Waals surface area contributed by atoms with Crippen molar-refractivity contribution < 1.29 is 0 Å². The van der Waals surface area contributed by atoms with Crippen LogP contribution in [-0.4, -0.2) is 25.0 Å². The summed E-state index contributed by atoms with van der Waals surface area (Å²) in [5, 5.41) is 0. The molecular formula is C13H25N. The second kappa shape index (κ2) is 3.84. The van der Waals surface area contributed by atoms with Crippen molar-refractivity contribution in [3.05, 3.63) is 0 Å². The summed E-state index contributed by atoms with van der Waals surface area (Å²) in [4.78, 5) is 2.55. The van der Waals surface area contributed by atoms with E-state index in [-0.39, 0.29) is 0 Å². The number of hydrogen-bond acceptors (Lipinski definition) is 1. The molecule has 1 heteroatoms. The van der Waals surface area contributed by atoms with E-state index < -0.39 is 0 Å². The minimum absolute atomic E-state index is 0.777. The predicted molar refractivity (Wildman–Crippen MR) is 61.3 cm³/mol. The molecule has 1 nitrogen and oxygen atoms in total. The van der Waals surface area contributed by atoms with Crippen LogP contribution in [-0.2, 0) is 0 Å². The molecule has 0 amide bonds. The van der Waals surface area contributed by atoms with Gasteiger partial charge in [0.15, 0.2) is 0 Å². The molecule has 2 aliphatic rings. The van der Waals surface area contributed by atoms with Gasteiger partial charge >= 0.3 is 0 Å². The highest BCUT2D eigenvalue weighted by molar-refractivity contribution is 4.93. The summed E-state index contributed by atoms with van der Waals surface area (Å²) in [5.41, 5.74) is 0.777. The summed E-state index contributed by atoms with van der Waals surface area (Å²) in [6, 6.07) is 0. The van der Waals surface area contributed by atoms with Crippen molar-refractivity contribution >= 4 is 0 Å². The Labute approximate surface area is 88.9 Å². The molecule has 1 saturated carbocycles. The molecule has 1 aliphatic heterocycles. The fraction of sp³-hybridized carbons (Fsp3) is 1.00. The molecule has 1 spiro atoms. The third-order valence-electron chi connectivity index (χ3n) is 4.62. The van der Waals surface area contributed by atoms with Gasteiger partial charge in [-0.3, -0.25) is 0 Å². The van der Waals surface area contributed by atoms with E-state index in [1.54, 1.807) is 0 Å². The highest BCUT2D eigenvalue weighted by atomic mass is 15.1. The Hall–Kier alpha value is -0.0400. The van der Waals surface area contributed by atoms with E-state index in [1.807, 2.05) is 0 Å². The third kappa shape index (κ3) is 1.98. The maximum atomic E-state index is 2.55. The first kappa shape index (κ1) is 10.5. The molecule has 1 aliphatic carbocycles. The quantitative estimate of drug-likeness (QED) is 0.621. The summed E-state index contributed by atoms with van der Waals surface area (Å²) in [7, 11) is 2.30. The summed E-state index contributed by atoms with van der Waals surface area (Å²) < 4.78 is 0. The van der Waals surface area contributed by atoms with Gasteiger partial charge in [-0.25, -0.2) is 0 Å². The van der Waals surface area contributed by atoms with Crippen LogP contribution in [0.5, 0.6) is 0 Å². The van der Waals surface area contributed by atoms with Crippen LogP contribution in [0.4, 0.5) is 0 Å². The lowest BCUT2D eigenvalue weighted by Gasteiger charge is -2.43. The first-order chi connectivity index (χ1) is 6.61. The molecule has 2 fully saturated rings. The Morgan fingerprint density at radius 3 is 2.43 bits per heavy atom. The largest absolute Gasteiger partial charge is 0.306 e. The first-order valence-electron chi connectivity index (χ1n) is 6.30. The molecule has 0 unspecified atom stereocenters. The normalized spacial score (nSPS) is 33.0. The van der Waals surface area contributed by atoms with Crippen LogP contribution < -0.4 is 0 Å². The molecule has 82 valence electrons. The van der Waals surface area contributed by atoms with E-state index in [1.165, 1.54) is 45.2 Å². The van der Waals surface area contributed by atoms with Crippen LogP contribution in [0.1, 0.15) is 46.0 Å². The van der Waals surface area contributed by atoms with Gasteiger partial charge in [0.1, 0.15) is 0 Å². The lowest BCUT2D eigenvalue weighted by Crippen LogP contribution is -2.32. The molecule has 14 heavy (non-hydrogen) atoms. The van der Waals surface area contributed by atoms with Crippen molar-refractivity contribution in [1.29, 1.82) is 0 Å². The van der Waals surface area contributed by atoms with E-state index >= 15 is 0 Å². The molecule has 1 atom stereocenters. The molecule has 0 aromatic rings. The van der Waals surface area contributed by atoms with E-state index in [4.69, 9.17) is 0 Å². The molecule has 0 aromatic heterocycles. The molecule has 0 aromatic carbocycles. The Kier molecular flexibility index (Phi) is 2.88. The molecule has 1 saturated heterocycles. The van der Waals surface area contributed by atoms with Crippen LogP contribution in [0.25, 0.3) is 0 Å². The predicted octanol–water partition coefficient (Wildman–Crippen LogP) is 3.15. The van der Waals surface area contributed by atoms with Crippen LogP contribution in [0.3, 0.4) is 0 Å².